The van der Waals surface area contributed by atoms with Gasteiger partial charge >= 0.3 is 0 Å². The molecule has 6 heteroatoms. The van der Waals surface area contributed by atoms with Crippen molar-refractivity contribution in [1.29, 1.82) is 0 Å². The summed E-state index contributed by atoms with van der Waals surface area (Å²) < 4.78 is 10.5. The van der Waals surface area contributed by atoms with Crippen LogP contribution in [-0.4, -0.2) is 51.7 Å². The van der Waals surface area contributed by atoms with E-state index >= 15 is 0 Å². The average Bonchev–Trinajstić information content (AvgIpc) is 2.96. The molecule has 1 amide bonds. The van der Waals surface area contributed by atoms with Gasteiger partial charge in [0.2, 0.25) is 5.91 Å². The molecule has 1 saturated heterocycles. The van der Waals surface area contributed by atoms with Crippen molar-refractivity contribution >= 4 is 18.3 Å². The van der Waals surface area contributed by atoms with Gasteiger partial charge < -0.3 is 19.7 Å². The Morgan fingerprint density at radius 3 is 2.68 bits per heavy atom. The number of halogens is 1. The third kappa shape index (κ3) is 4.52. The minimum Gasteiger partial charge on any atom is -0.493 e. The van der Waals surface area contributed by atoms with Crippen molar-refractivity contribution in [2.45, 2.75) is 12.8 Å². The van der Waals surface area contributed by atoms with Crippen molar-refractivity contribution in [3.8, 4) is 11.5 Å². The fourth-order valence-corrected chi connectivity index (χ4v) is 2.79. The zero-order valence-electron chi connectivity index (χ0n) is 13.4. The van der Waals surface area contributed by atoms with E-state index in [4.69, 9.17) is 9.47 Å². The minimum absolute atomic E-state index is 0. The van der Waals surface area contributed by atoms with E-state index in [1.807, 2.05) is 30.1 Å². The van der Waals surface area contributed by atoms with E-state index in [1.54, 1.807) is 14.2 Å². The first kappa shape index (κ1) is 18.6. The van der Waals surface area contributed by atoms with Gasteiger partial charge in [-0.25, -0.2) is 0 Å². The molecule has 1 unspecified atom stereocenters. The number of hydrogen-bond donors (Lipinski definition) is 1. The first-order chi connectivity index (χ1) is 10.2. The number of nitrogens with zero attached hydrogens (tertiary/aromatic N) is 1. The maximum absolute atomic E-state index is 12.4. The van der Waals surface area contributed by atoms with E-state index in [0.717, 1.165) is 31.6 Å². The lowest BCUT2D eigenvalue weighted by atomic mass is 10.1. The summed E-state index contributed by atoms with van der Waals surface area (Å²) in [6.45, 7) is 2.69. The Bertz CT molecular complexity index is 496. The SMILES string of the molecule is CNCC1CCN(C(=O)Cc2ccc(OC)c(OC)c2)C1.Cl. The van der Waals surface area contributed by atoms with Crippen LogP contribution in [0.3, 0.4) is 0 Å². The summed E-state index contributed by atoms with van der Waals surface area (Å²) in [7, 11) is 5.16. The largest absolute Gasteiger partial charge is 0.493 e. The summed E-state index contributed by atoms with van der Waals surface area (Å²) in [5.41, 5.74) is 0.953. The Kier molecular flexibility index (Phi) is 7.48. The standard InChI is InChI=1S/C16H24N2O3.ClH/c1-17-10-13-6-7-18(11-13)16(19)9-12-4-5-14(20-2)15(8-12)21-3;/h4-5,8,13,17H,6-7,9-11H2,1-3H3;1H. The zero-order chi connectivity index (χ0) is 15.2. The number of ether oxygens (including phenoxy) is 2. The molecule has 0 aliphatic carbocycles. The quantitative estimate of drug-likeness (QED) is 0.864. The Hall–Kier alpha value is -1.46. The molecule has 0 spiro atoms. The molecule has 1 aliphatic rings. The smallest absolute Gasteiger partial charge is 0.227 e. The van der Waals surface area contributed by atoms with Crippen LogP contribution in [-0.2, 0) is 11.2 Å². The van der Waals surface area contributed by atoms with E-state index in [0.29, 0.717) is 23.8 Å². The van der Waals surface area contributed by atoms with Crippen LogP contribution in [0.2, 0.25) is 0 Å². The molecule has 1 fully saturated rings. The van der Waals surface area contributed by atoms with E-state index < -0.39 is 0 Å². The van der Waals surface area contributed by atoms with Gasteiger partial charge in [0.25, 0.3) is 0 Å². The third-order valence-corrected chi connectivity index (χ3v) is 3.93. The van der Waals surface area contributed by atoms with Gasteiger partial charge in [0, 0.05) is 13.1 Å². The Labute approximate surface area is 138 Å². The Morgan fingerprint density at radius 2 is 2.05 bits per heavy atom. The van der Waals surface area contributed by atoms with Crippen LogP contribution >= 0.6 is 12.4 Å². The molecule has 1 heterocycles. The zero-order valence-corrected chi connectivity index (χ0v) is 14.2. The monoisotopic (exact) mass is 328 g/mol. The Morgan fingerprint density at radius 1 is 1.32 bits per heavy atom. The van der Waals surface area contributed by atoms with E-state index in [9.17, 15) is 4.79 Å². The van der Waals surface area contributed by atoms with Crippen molar-refractivity contribution in [2.24, 2.45) is 5.92 Å². The van der Waals surface area contributed by atoms with Crippen molar-refractivity contribution in [1.82, 2.24) is 10.2 Å². The van der Waals surface area contributed by atoms with E-state index in [-0.39, 0.29) is 18.3 Å². The molecule has 1 aromatic rings. The number of methoxy groups -OCH3 is 2. The van der Waals surface area contributed by atoms with Gasteiger partial charge in [0.15, 0.2) is 11.5 Å². The summed E-state index contributed by atoms with van der Waals surface area (Å²) in [4.78, 5) is 14.3. The van der Waals surface area contributed by atoms with Crippen LogP contribution in [0, 0.1) is 5.92 Å². The molecule has 0 aromatic heterocycles. The molecule has 124 valence electrons. The summed E-state index contributed by atoms with van der Waals surface area (Å²) in [6, 6.07) is 5.63. The highest BCUT2D eigenvalue weighted by molar-refractivity contribution is 5.85. The molecule has 22 heavy (non-hydrogen) atoms. The molecule has 0 radical (unpaired) electrons. The van der Waals surface area contributed by atoms with Crippen molar-refractivity contribution in [2.75, 3.05) is 40.9 Å². The van der Waals surface area contributed by atoms with Crippen LogP contribution in [0.15, 0.2) is 18.2 Å². The maximum atomic E-state index is 12.4. The molecule has 1 aromatic carbocycles. The highest BCUT2D eigenvalue weighted by atomic mass is 35.5. The van der Waals surface area contributed by atoms with Crippen LogP contribution in [0.5, 0.6) is 11.5 Å². The highest BCUT2D eigenvalue weighted by Gasteiger charge is 2.25. The lowest BCUT2D eigenvalue weighted by Gasteiger charge is -2.17. The normalized spacial score (nSPS) is 17.0. The second-order valence-electron chi connectivity index (χ2n) is 5.42. The molecule has 2 rings (SSSR count). The number of hydrogen-bond acceptors (Lipinski definition) is 4. The van der Waals surface area contributed by atoms with Gasteiger partial charge in [-0.05, 0) is 43.6 Å². The van der Waals surface area contributed by atoms with Gasteiger partial charge in [-0.1, -0.05) is 6.07 Å². The van der Waals surface area contributed by atoms with Crippen molar-refractivity contribution < 1.29 is 14.3 Å². The van der Waals surface area contributed by atoms with E-state index in [1.165, 1.54) is 0 Å². The molecular weight excluding hydrogens is 304 g/mol. The second kappa shape index (κ2) is 8.86. The predicted molar refractivity (Wildman–Crippen MR) is 89.1 cm³/mol. The number of likely N-dealkylation sites (tertiary alicyclic amines) is 1. The van der Waals surface area contributed by atoms with Crippen LogP contribution in [0.1, 0.15) is 12.0 Å². The fourth-order valence-electron chi connectivity index (χ4n) is 2.79. The second-order valence-corrected chi connectivity index (χ2v) is 5.42. The summed E-state index contributed by atoms with van der Waals surface area (Å²) in [6.07, 6.45) is 1.49. The summed E-state index contributed by atoms with van der Waals surface area (Å²) in [5, 5.41) is 3.18. The van der Waals surface area contributed by atoms with Crippen molar-refractivity contribution in [3.05, 3.63) is 23.8 Å². The van der Waals surface area contributed by atoms with Gasteiger partial charge in [-0.2, -0.15) is 0 Å². The first-order valence-corrected chi connectivity index (χ1v) is 7.31. The summed E-state index contributed by atoms with van der Waals surface area (Å²) >= 11 is 0. The average molecular weight is 329 g/mol. The lowest BCUT2D eigenvalue weighted by Crippen LogP contribution is -2.31. The fraction of sp³-hybridized carbons (Fsp3) is 0.562. The van der Waals surface area contributed by atoms with Gasteiger partial charge in [-0.15, -0.1) is 12.4 Å². The van der Waals surface area contributed by atoms with Crippen LogP contribution in [0.4, 0.5) is 0 Å². The molecule has 5 nitrogen and oxygen atoms in total. The number of benzene rings is 1. The van der Waals surface area contributed by atoms with Gasteiger partial charge in [0.1, 0.15) is 0 Å². The topological polar surface area (TPSA) is 50.8 Å². The molecule has 1 aliphatic heterocycles. The number of nitrogens with one attached hydrogen (secondary N) is 1. The van der Waals surface area contributed by atoms with Crippen molar-refractivity contribution in [3.63, 3.8) is 0 Å². The molecule has 1 N–H and O–H groups in total. The van der Waals surface area contributed by atoms with Gasteiger partial charge in [-0.3, -0.25) is 4.79 Å². The number of amides is 1. The number of rotatable bonds is 6. The predicted octanol–water partition coefficient (Wildman–Crippen LogP) is 1.74. The first-order valence-electron chi connectivity index (χ1n) is 7.31. The van der Waals surface area contributed by atoms with Crippen LogP contribution < -0.4 is 14.8 Å². The molecular formula is C16H25ClN2O3. The third-order valence-electron chi connectivity index (χ3n) is 3.93. The highest BCUT2D eigenvalue weighted by Crippen LogP contribution is 2.28. The molecule has 1 atom stereocenters. The number of carbonyl (C=O) groups is 1. The molecule has 0 saturated carbocycles. The molecule has 0 bridgehead atoms. The van der Waals surface area contributed by atoms with Crippen LogP contribution in [0.25, 0.3) is 0 Å². The van der Waals surface area contributed by atoms with Gasteiger partial charge in [0.05, 0.1) is 20.6 Å². The maximum Gasteiger partial charge on any atom is 0.227 e. The summed E-state index contributed by atoms with van der Waals surface area (Å²) in [5.74, 6) is 2.10. The Balaban J connectivity index is 0.00000242. The lowest BCUT2D eigenvalue weighted by molar-refractivity contribution is -0.129. The minimum atomic E-state index is 0. The van der Waals surface area contributed by atoms with E-state index in [2.05, 4.69) is 5.32 Å². The number of carbonyl (C=O) groups excluding carboxylic acids is 1.